The number of rotatable bonds is 5. The molecule has 0 bridgehead atoms. The number of hydrogen-bond donors (Lipinski definition) is 0. The maximum atomic E-state index is 11.7. The average Bonchev–Trinajstić information content (AvgIpc) is 3.44. The second-order valence-corrected chi connectivity index (χ2v) is 9.58. The number of hydrogen-bond acceptors (Lipinski definition) is 6. The van der Waals surface area contributed by atoms with E-state index in [1.165, 1.54) is 11.8 Å². The molecule has 0 spiro atoms. The Hall–Kier alpha value is -2.52. The molecule has 156 valence electrons. The molecular formula is C22H16ClN3O3S2. The maximum Gasteiger partial charge on any atom is 0.272 e. The van der Waals surface area contributed by atoms with Crippen molar-refractivity contribution < 1.29 is 9.66 Å². The van der Waals surface area contributed by atoms with Crippen molar-refractivity contribution in [3.63, 3.8) is 0 Å². The first-order chi connectivity index (χ1) is 15.1. The number of ether oxygens (including phenoxy) is 1. The van der Waals surface area contributed by atoms with Gasteiger partial charge in [0.25, 0.3) is 5.69 Å². The van der Waals surface area contributed by atoms with Crippen LogP contribution in [0.3, 0.4) is 0 Å². The molecule has 9 heteroatoms. The van der Waals surface area contributed by atoms with Crippen LogP contribution in [0.5, 0.6) is 0 Å². The molecule has 1 aromatic heterocycles. The average molecular weight is 470 g/mol. The van der Waals surface area contributed by atoms with Gasteiger partial charge in [0.15, 0.2) is 0 Å². The minimum absolute atomic E-state index is 0.0209. The van der Waals surface area contributed by atoms with E-state index < -0.39 is 0 Å². The molecule has 2 heterocycles. The molecule has 0 saturated carbocycles. The van der Waals surface area contributed by atoms with E-state index in [9.17, 15) is 10.1 Å². The number of aromatic nitrogens is 2. The van der Waals surface area contributed by atoms with E-state index in [2.05, 4.69) is 0 Å². The largest absolute Gasteiger partial charge is 0.360 e. The van der Waals surface area contributed by atoms with Gasteiger partial charge in [-0.25, -0.2) is 4.68 Å². The first kappa shape index (κ1) is 20.4. The summed E-state index contributed by atoms with van der Waals surface area (Å²) in [6.45, 7) is 0.654. The molecule has 1 saturated heterocycles. The fraction of sp³-hybridized carbons (Fsp3) is 0.136. The molecule has 5 rings (SSSR count). The summed E-state index contributed by atoms with van der Waals surface area (Å²) < 4.78 is 7.69. The molecule has 1 fully saturated rings. The monoisotopic (exact) mass is 469 g/mol. The molecule has 1 atom stereocenters. The second-order valence-electron chi connectivity index (χ2n) is 6.86. The van der Waals surface area contributed by atoms with Crippen molar-refractivity contribution in [3.05, 3.63) is 87.6 Å². The normalized spacial score (nSPS) is 16.1. The van der Waals surface area contributed by atoms with Crippen LogP contribution in [-0.2, 0) is 4.74 Å². The second kappa shape index (κ2) is 8.55. The molecule has 1 aliphatic rings. The fourth-order valence-corrected chi connectivity index (χ4v) is 5.55. The van der Waals surface area contributed by atoms with Crippen molar-refractivity contribution in [2.45, 2.75) is 15.2 Å². The zero-order valence-electron chi connectivity index (χ0n) is 16.1. The summed E-state index contributed by atoms with van der Waals surface area (Å²) in [5, 5.41) is 18.1. The van der Waals surface area contributed by atoms with Crippen LogP contribution < -0.4 is 0 Å². The number of non-ortho nitro benzene ring substituents is 1. The van der Waals surface area contributed by atoms with Crippen LogP contribution in [0.15, 0.2) is 76.5 Å². The highest BCUT2D eigenvalue weighted by Crippen LogP contribution is 2.44. The molecule has 3 aromatic carbocycles. The number of thioether (sulfide) groups is 1. The van der Waals surface area contributed by atoms with Gasteiger partial charge in [-0.1, -0.05) is 41.6 Å². The fourth-order valence-electron chi connectivity index (χ4n) is 3.49. The van der Waals surface area contributed by atoms with E-state index in [1.54, 1.807) is 28.6 Å². The summed E-state index contributed by atoms with van der Waals surface area (Å²) in [6.07, 6.45) is 0. The number of benzene rings is 3. The Morgan fingerprint density at radius 3 is 2.61 bits per heavy atom. The Bertz CT molecular complexity index is 1260. The van der Waals surface area contributed by atoms with E-state index in [1.807, 2.05) is 54.6 Å². The van der Waals surface area contributed by atoms with Gasteiger partial charge in [-0.3, -0.25) is 10.1 Å². The molecule has 0 amide bonds. The molecule has 0 unspecified atom stereocenters. The standard InChI is InChI=1S/C22H16ClN3O3S2/c23-14-6-8-17(9-7-14)31-19-13-16(26(27)28)12-18-20(19)21(22-29-10-11-30-22)24-25(18)15-4-2-1-3-5-15/h1-9,12-13,22H,10-11H2/t22-/m1/s1. The molecule has 0 radical (unpaired) electrons. The van der Waals surface area contributed by atoms with Gasteiger partial charge in [0.05, 0.1) is 22.7 Å². The van der Waals surface area contributed by atoms with Gasteiger partial charge in [-0.15, -0.1) is 11.8 Å². The van der Waals surface area contributed by atoms with Gasteiger partial charge in [0.2, 0.25) is 0 Å². The zero-order valence-corrected chi connectivity index (χ0v) is 18.5. The number of fused-ring (bicyclic) bond motifs is 1. The van der Waals surface area contributed by atoms with Crippen LogP contribution in [0.1, 0.15) is 11.1 Å². The number of nitro benzene ring substituents is 1. The van der Waals surface area contributed by atoms with Gasteiger partial charge in [-0.05, 0) is 36.4 Å². The van der Waals surface area contributed by atoms with Crippen LogP contribution in [0.2, 0.25) is 5.02 Å². The van der Waals surface area contributed by atoms with Gasteiger partial charge < -0.3 is 4.74 Å². The highest BCUT2D eigenvalue weighted by atomic mass is 35.5. The van der Waals surface area contributed by atoms with E-state index in [0.717, 1.165) is 32.3 Å². The SMILES string of the molecule is O=[N+]([O-])c1cc(Sc2ccc(Cl)cc2)c2c([C@@H]3OCCS3)nn(-c3ccccc3)c2c1. The quantitative estimate of drug-likeness (QED) is 0.245. The van der Waals surface area contributed by atoms with Crippen molar-refractivity contribution in [1.29, 1.82) is 0 Å². The van der Waals surface area contributed by atoms with Crippen molar-refractivity contribution in [1.82, 2.24) is 9.78 Å². The Morgan fingerprint density at radius 2 is 1.94 bits per heavy atom. The van der Waals surface area contributed by atoms with Crippen molar-refractivity contribution >= 4 is 51.7 Å². The lowest BCUT2D eigenvalue weighted by molar-refractivity contribution is -0.384. The van der Waals surface area contributed by atoms with E-state index in [-0.39, 0.29) is 16.0 Å². The van der Waals surface area contributed by atoms with E-state index >= 15 is 0 Å². The predicted octanol–water partition coefficient (Wildman–Crippen LogP) is 6.50. The lowest BCUT2D eigenvalue weighted by Crippen LogP contribution is -1.99. The number of halogens is 1. The molecule has 0 aliphatic carbocycles. The van der Waals surface area contributed by atoms with Crippen LogP contribution in [0.25, 0.3) is 16.6 Å². The smallest absolute Gasteiger partial charge is 0.272 e. The molecule has 0 N–H and O–H groups in total. The lowest BCUT2D eigenvalue weighted by atomic mass is 10.2. The Labute approximate surface area is 191 Å². The molecular weight excluding hydrogens is 454 g/mol. The van der Waals surface area contributed by atoms with Crippen molar-refractivity contribution in [3.8, 4) is 5.69 Å². The minimum Gasteiger partial charge on any atom is -0.360 e. The lowest BCUT2D eigenvalue weighted by Gasteiger charge is -2.09. The topological polar surface area (TPSA) is 70.2 Å². The van der Waals surface area contributed by atoms with Gasteiger partial charge in [0, 0.05) is 38.1 Å². The first-order valence-corrected chi connectivity index (χ1v) is 11.8. The van der Waals surface area contributed by atoms with Crippen LogP contribution >= 0.6 is 35.1 Å². The molecule has 4 aromatic rings. The minimum atomic E-state index is -0.367. The highest BCUT2D eigenvalue weighted by molar-refractivity contribution is 8.00. The third kappa shape index (κ3) is 4.04. The third-order valence-corrected chi connectivity index (χ3v) is 7.22. The molecule has 6 nitrogen and oxygen atoms in total. The van der Waals surface area contributed by atoms with Crippen LogP contribution in [0, 0.1) is 10.1 Å². The van der Waals surface area contributed by atoms with E-state index in [0.29, 0.717) is 17.1 Å². The highest BCUT2D eigenvalue weighted by Gasteiger charge is 2.28. The summed E-state index contributed by atoms with van der Waals surface area (Å²) >= 11 is 9.17. The summed E-state index contributed by atoms with van der Waals surface area (Å²) in [5.74, 6) is 0.886. The summed E-state index contributed by atoms with van der Waals surface area (Å²) in [7, 11) is 0. The van der Waals surface area contributed by atoms with Crippen LogP contribution in [0.4, 0.5) is 5.69 Å². The summed E-state index contributed by atoms with van der Waals surface area (Å²) in [6, 6.07) is 20.3. The molecule has 1 aliphatic heterocycles. The number of nitrogens with zero attached hydrogens (tertiary/aromatic N) is 3. The Kier molecular flexibility index (Phi) is 5.62. The van der Waals surface area contributed by atoms with Crippen molar-refractivity contribution in [2.75, 3.05) is 12.4 Å². The van der Waals surface area contributed by atoms with Gasteiger partial charge >= 0.3 is 0 Å². The van der Waals surface area contributed by atoms with E-state index in [4.69, 9.17) is 21.4 Å². The van der Waals surface area contributed by atoms with Crippen molar-refractivity contribution in [2.24, 2.45) is 0 Å². The Balaban J connectivity index is 1.76. The number of para-hydroxylation sites is 1. The van der Waals surface area contributed by atoms with Gasteiger partial charge in [0.1, 0.15) is 11.1 Å². The third-order valence-electron chi connectivity index (χ3n) is 4.86. The maximum absolute atomic E-state index is 11.7. The summed E-state index contributed by atoms with van der Waals surface area (Å²) in [5.41, 5.74) is 2.12. The van der Waals surface area contributed by atoms with Crippen LogP contribution in [-0.4, -0.2) is 27.1 Å². The predicted molar refractivity (Wildman–Crippen MR) is 124 cm³/mol. The number of nitro groups is 1. The first-order valence-electron chi connectivity index (χ1n) is 9.53. The Morgan fingerprint density at radius 1 is 1.16 bits per heavy atom. The zero-order chi connectivity index (χ0) is 21.4. The van der Waals surface area contributed by atoms with Gasteiger partial charge in [-0.2, -0.15) is 5.10 Å². The molecule has 31 heavy (non-hydrogen) atoms. The summed E-state index contributed by atoms with van der Waals surface area (Å²) in [4.78, 5) is 13.1.